The summed E-state index contributed by atoms with van der Waals surface area (Å²) in [5, 5.41) is 15.5. The van der Waals surface area contributed by atoms with Gasteiger partial charge in [0, 0.05) is 62.0 Å². The molecule has 0 saturated heterocycles. The number of benzene rings is 4. The number of urea groups is 1. The van der Waals surface area contributed by atoms with Crippen molar-refractivity contribution in [1.29, 1.82) is 0 Å². The van der Waals surface area contributed by atoms with Crippen molar-refractivity contribution in [3.8, 4) is 28.7 Å². The van der Waals surface area contributed by atoms with E-state index in [-0.39, 0.29) is 33.5 Å². The highest BCUT2D eigenvalue weighted by Crippen LogP contribution is 2.46. The third-order valence-corrected chi connectivity index (χ3v) is 8.33. The molecule has 1 aliphatic rings. The minimum absolute atomic E-state index is 0.0773. The van der Waals surface area contributed by atoms with Crippen LogP contribution in [-0.2, 0) is 19.7 Å². The van der Waals surface area contributed by atoms with Crippen LogP contribution in [0.15, 0.2) is 78.9 Å². The van der Waals surface area contributed by atoms with Crippen LogP contribution in [0.3, 0.4) is 0 Å². The standard InChI is InChI=1S/C22H28N2O5.C14H9Cl2NO5/c1-21(2)14-22(3,26-5)29-19-13-17(11-12-18(19)21)28-16-9-7-15(8-10-16)23-20(25)24(4)27-6;1-21-14(18)10-7-9(3-4-12(10)17(19)20)22-13-5-2-8(15)6-11(13)16/h7-13H,14H2,1-6H3,(H,23,25);2-7H,1H3. The zero-order valence-electron chi connectivity index (χ0n) is 28.9. The molecule has 0 aromatic heterocycles. The fourth-order valence-electron chi connectivity index (χ4n) is 5.21. The summed E-state index contributed by atoms with van der Waals surface area (Å²) in [5.74, 6) is 1.06. The number of nitro benzene ring substituents is 1. The molecule has 4 aromatic rings. The van der Waals surface area contributed by atoms with Gasteiger partial charge in [0.15, 0.2) is 0 Å². The van der Waals surface area contributed by atoms with Crippen molar-refractivity contribution in [2.45, 2.75) is 38.4 Å². The first-order valence-electron chi connectivity index (χ1n) is 15.3. The lowest BCUT2D eigenvalue weighted by molar-refractivity contribution is -0.385. The molecule has 1 N–H and O–H groups in total. The second-order valence-electron chi connectivity index (χ2n) is 12.0. The highest BCUT2D eigenvalue weighted by molar-refractivity contribution is 6.35. The molecule has 0 bridgehead atoms. The SMILES string of the molecule is COC(=O)c1cc(Oc2ccc(Cl)cc2Cl)ccc1[N+](=O)[O-].CON(C)C(=O)Nc1ccc(Oc2ccc3c(c2)OC(C)(OC)CC3(C)C)cc1. The number of hydrogen-bond donors (Lipinski definition) is 1. The molecule has 0 fully saturated rings. The van der Waals surface area contributed by atoms with Crippen LogP contribution in [0.4, 0.5) is 16.2 Å². The molecule has 0 radical (unpaired) electrons. The monoisotopic (exact) mass is 741 g/mol. The molecule has 0 aliphatic carbocycles. The van der Waals surface area contributed by atoms with Crippen molar-refractivity contribution in [1.82, 2.24) is 5.06 Å². The van der Waals surface area contributed by atoms with Gasteiger partial charge in [-0.2, -0.15) is 0 Å². The fraction of sp³-hybridized carbons (Fsp3) is 0.278. The van der Waals surface area contributed by atoms with Crippen molar-refractivity contribution >= 4 is 46.6 Å². The number of nitrogens with zero attached hydrogens (tertiary/aromatic N) is 2. The number of hydrogen-bond acceptors (Lipinski definition) is 10. The van der Waals surface area contributed by atoms with Crippen molar-refractivity contribution in [2.75, 3.05) is 33.7 Å². The maximum atomic E-state index is 11.8. The molecule has 13 nitrogen and oxygen atoms in total. The maximum absolute atomic E-state index is 11.8. The largest absolute Gasteiger partial charge is 0.465 e. The minimum atomic E-state index is -0.834. The van der Waals surface area contributed by atoms with E-state index in [1.807, 2.05) is 25.1 Å². The molecule has 1 atom stereocenters. The van der Waals surface area contributed by atoms with Crippen molar-refractivity contribution in [3.63, 3.8) is 0 Å². The number of carbonyl (C=O) groups is 2. The van der Waals surface area contributed by atoms with E-state index in [0.717, 1.165) is 36.0 Å². The molecule has 1 aliphatic heterocycles. The average Bonchev–Trinajstić information content (AvgIpc) is 3.09. The predicted octanol–water partition coefficient (Wildman–Crippen LogP) is 9.41. The van der Waals surface area contributed by atoms with Gasteiger partial charge in [0.1, 0.15) is 34.3 Å². The van der Waals surface area contributed by atoms with Gasteiger partial charge < -0.3 is 29.0 Å². The molecule has 2 amide bonds. The molecule has 0 saturated carbocycles. The number of methoxy groups -OCH3 is 2. The van der Waals surface area contributed by atoms with Crippen molar-refractivity contribution in [3.05, 3.63) is 110 Å². The molecule has 4 aromatic carbocycles. The molecular weight excluding hydrogens is 705 g/mol. The van der Waals surface area contributed by atoms with Crippen molar-refractivity contribution in [2.24, 2.45) is 0 Å². The molecule has 1 unspecified atom stereocenters. The first kappa shape index (κ1) is 38.7. The number of anilines is 1. The summed E-state index contributed by atoms with van der Waals surface area (Å²) in [7, 11) is 5.75. The van der Waals surface area contributed by atoms with E-state index in [9.17, 15) is 19.7 Å². The summed E-state index contributed by atoms with van der Waals surface area (Å²) in [6.07, 6.45) is 0.759. The Morgan fingerprint density at radius 1 is 0.882 bits per heavy atom. The molecule has 1 heterocycles. The second kappa shape index (κ2) is 16.3. The smallest absolute Gasteiger partial charge is 0.345 e. The van der Waals surface area contributed by atoms with Gasteiger partial charge in [0.05, 0.1) is 24.2 Å². The Kier molecular flexibility index (Phi) is 12.4. The van der Waals surface area contributed by atoms with Crippen molar-refractivity contribution < 1.29 is 43.0 Å². The van der Waals surface area contributed by atoms with Crippen LogP contribution < -0.4 is 19.5 Å². The number of amides is 2. The van der Waals surface area contributed by atoms with Gasteiger partial charge in [-0.15, -0.1) is 0 Å². The minimum Gasteiger partial charge on any atom is -0.465 e. The summed E-state index contributed by atoms with van der Waals surface area (Å²) >= 11 is 11.8. The average molecular weight is 743 g/mol. The maximum Gasteiger partial charge on any atom is 0.345 e. The number of halogens is 2. The third kappa shape index (κ3) is 9.79. The number of nitrogens with one attached hydrogen (secondary N) is 1. The van der Waals surface area contributed by atoms with Crippen LogP contribution in [0, 0.1) is 10.1 Å². The van der Waals surface area contributed by atoms with E-state index in [0.29, 0.717) is 28.0 Å². The van der Waals surface area contributed by atoms with Gasteiger partial charge >= 0.3 is 12.0 Å². The normalized spacial score (nSPS) is 15.5. The zero-order valence-corrected chi connectivity index (χ0v) is 30.5. The Hall–Kier alpha value is -5.08. The molecule has 270 valence electrons. The number of fused-ring (bicyclic) bond motifs is 1. The molecular formula is C36H37Cl2N3O10. The Bertz CT molecular complexity index is 1910. The Labute approximate surface area is 305 Å². The summed E-state index contributed by atoms with van der Waals surface area (Å²) in [4.78, 5) is 38.5. The number of ether oxygens (including phenoxy) is 5. The van der Waals surface area contributed by atoms with E-state index in [4.69, 9.17) is 47.0 Å². The number of nitro groups is 1. The molecule has 15 heteroatoms. The Morgan fingerprint density at radius 3 is 2.14 bits per heavy atom. The van der Waals surface area contributed by atoms with Gasteiger partial charge in [-0.1, -0.05) is 43.1 Å². The van der Waals surface area contributed by atoms with Gasteiger partial charge in [-0.25, -0.2) is 14.7 Å². The van der Waals surface area contributed by atoms with Crippen LogP contribution >= 0.6 is 23.2 Å². The topological polar surface area (TPSA) is 148 Å². The number of hydroxylamine groups is 2. The summed E-state index contributed by atoms with van der Waals surface area (Å²) in [5.41, 5.74) is 1.10. The fourth-order valence-corrected chi connectivity index (χ4v) is 5.66. The van der Waals surface area contributed by atoms with Gasteiger partial charge in [-0.05, 0) is 60.0 Å². The lowest BCUT2D eigenvalue weighted by Gasteiger charge is -2.43. The van der Waals surface area contributed by atoms with Crippen LogP contribution in [0.1, 0.15) is 43.1 Å². The summed E-state index contributed by atoms with van der Waals surface area (Å²) in [6, 6.07) is 20.9. The summed E-state index contributed by atoms with van der Waals surface area (Å²) < 4.78 is 27.7. The van der Waals surface area contributed by atoms with Crippen LogP contribution in [0.2, 0.25) is 10.0 Å². The van der Waals surface area contributed by atoms with E-state index in [1.54, 1.807) is 43.5 Å². The van der Waals surface area contributed by atoms with E-state index >= 15 is 0 Å². The number of esters is 1. The third-order valence-electron chi connectivity index (χ3n) is 7.80. The van der Waals surface area contributed by atoms with Gasteiger partial charge in [0.25, 0.3) is 5.69 Å². The lowest BCUT2D eigenvalue weighted by atomic mass is 9.76. The second-order valence-corrected chi connectivity index (χ2v) is 12.8. The summed E-state index contributed by atoms with van der Waals surface area (Å²) in [6.45, 7) is 6.31. The zero-order chi connectivity index (χ0) is 37.5. The number of rotatable bonds is 9. The molecule has 0 spiro atoms. The van der Waals surface area contributed by atoms with E-state index < -0.39 is 16.7 Å². The molecule has 51 heavy (non-hydrogen) atoms. The van der Waals surface area contributed by atoms with E-state index in [1.165, 1.54) is 32.4 Å². The lowest BCUT2D eigenvalue weighted by Crippen LogP contribution is -2.45. The first-order chi connectivity index (χ1) is 24.1. The molecule has 5 rings (SSSR count). The highest BCUT2D eigenvalue weighted by atomic mass is 35.5. The van der Waals surface area contributed by atoms with Crippen LogP contribution in [0.25, 0.3) is 0 Å². The number of carbonyl (C=O) groups excluding carboxylic acids is 2. The highest BCUT2D eigenvalue weighted by Gasteiger charge is 2.42. The quantitative estimate of drug-likeness (QED) is 0.0999. The van der Waals surface area contributed by atoms with Crippen LogP contribution in [0.5, 0.6) is 28.7 Å². The predicted molar refractivity (Wildman–Crippen MR) is 191 cm³/mol. The van der Waals surface area contributed by atoms with Crippen LogP contribution in [-0.4, -0.2) is 56.2 Å². The first-order valence-corrected chi connectivity index (χ1v) is 16.1. The van der Waals surface area contributed by atoms with E-state index in [2.05, 4.69) is 23.9 Å². The Balaban J connectivity index is 0.000000238. The van der Waals surface area contributed by atoms with Gasteiger partial charge in [0.2, 0.25) is 5.79 Å². The Morgan fingerprint density at radius 2 is 1.53 bits per heavy atom. The van der Waals surface area contributed by atoms with Gasteiger partial charge in [-0.3, -0.25) is 15.0 Å².